The zero-order chi connectivity index (χ0) is 19.2. The molecule has 1 atom stereocenters. The van der Waals surface area contributed by atoms with Crippen molar-refractivity contribution in [1.82, 2.24) is 5.32 Å². The summed E-state index contributed by atoms with van der Waals surface area (Å²) in [7, 11) is 0. The minimum atomic E-state index is -1.18. The van der Waals surface area contributed by atoms with Gasteiger partial charge in [-0.1, -0.05) is 42.5 Å². The summed E-state index contributed by atoms with van der Waals surface area (Å²) >= 11 is 0. The molecule has 0 radical (unpaired) electrons. The lowest BCUT2D eigenvalue weighted by molar-refractivity contribution is -0.136. The molecular weight excluding hydrogens is 352 g/mol. The van der Waals surface area contributed by atoms with Crippen molar-refractivity contribution in [2.45, 2.75) is 12.6 Å². The third kappa shape index (κ3) is 4.55. The Morgan fingerprint density at radius 1 is 1.15 bits per heavy atom. The van der Waals surface area contributed by atoms with E-state index in [9.17, 15) is 14.4 Å². The number of carbonyl (C=O) groups excluding carboxylic acids is 2. The number of amides is 2. The molecule has 0 saturated heterocycles. The molecular formula is C19H18N2O6. The zero-order valence-electron chi connectivity index (χ0n) is 14.3. The van der Waals surface area contributed by atoms with Gasteiger partial charge >= 0.3 is 12.1 Å². The Balaban J connectivity index is 1.69. The van der Waals surface area contributed by atoms with Gasteiger partial charge in [-0.15, -0.1) is 0 Å². The Morgan fingerprint density at radius 3 is 2.59 bits per heavy atom. The molecule has 1 aliphatic rings. The van der Waals surface area contributed by atoms with E-state index in [0.717, 1.165) is 10.5 Å². The van der Waals surface area contributed by atoms with E-state index < -0.39 is 30.6 Å². The molecule has 140 valence electrons. The number of alkyl carbamates (subject to hydrolysis) is 1. The van der Waals surface area contributed by atoms with Crippen molar-refractivity contribution in [3.8, 4) is 5.75 Å². The molecule has 1 aliphatic heterocycles. The summed E-state index contributed by atoms with van der Waals surface area (Å²) in [6.45, 7) is -0.629. The molecule has 0 aliphatic carbocycles. The summed E-state index contributed by atoms with van der Waals surface area (Å²) in [5, 5.41) is 11.6. The van der Waals surface area contributed by atoms with E-state index in [-0.39, 0.29) is 13.2 Å². The number of aliphatic carboxylic acids is 1. The van der Waals surface area contributed by atoms with Gasteiger partial charge in [-0.05, 0) is 17.7 Å². The lowest BCUT2D eigenvalue weighted by atomic mass is 10.2. The van der Waals surface area contributed by atoms with Gasteiger partial charge in [-0.2, -0.15) is 0 Å². The van der Waals surface area contributed by atoms with E-state index in [1.54, 1.807) is 36.4 Å². The molecule has 0 aromatic heterocycles. The number of rotatable bonds is 5. The van der Waals surface area contributed by atoms with Crippen molar-refractivity contribution >= 4 is 23.7 Å². The molecule has 0 unspecified atom stereocenters. The molecule has 2 N–H and O–H groups in total. The van der Waals surface area contributed by atoms with E-state index >= 15 is 0 Å². The smallest absolute Gasteiger partial charge is 0.408 e. The van der Waals surface area contributed by atoms with Crippen molar-refractivity contribution in [3.63, 3.8) is 0 Å². The van der Waals surface area contributed by atoms with Crippen LogP contribution in [0.4, 0.5) is 10.5 Å². The Morgan fingerprint density at radius 2 is 1.85 bits per heavy atom. The summed E-state index contributed by atoms with van der Waals surface area (Å²) in [5.74, 6) is -1.39. The molecule has 8 nitrogen and oxygen atoms in total. The predicted molar refractivity (Wildman–Crippen MR) is 95.5 cm³/mol. The fourth-order valence-corrected chi connectivity index (χ4v) is 2.66. The van der Waals surface area contributed by atoms with Gasteiger partial charge in [0.15, 0.2) is 0 Å². The third-order valence-corrected chi connectivity index (χ3v) is 3.92. The monoisotopic (exact) mass is 370 g/mol. The van der Waals surface area contributed by atoms with Crippen molar-refractivity contribution in [1.29, 1.82) is 0 Å². The van der Waals surface area contributed by atoms with Crippen LogP contribution in [-0.2, 0) is 20.9 Å². The van der Waals surface area contributed by atoms with E-state index in [0.29, 0.717) is 11.4 Å². The fraction of sp³-hybridized carbons (Fsp3) is 0.211. The summed E-state index contributed by atoms with van der Waals surface area (Å²) in [5.41, 5.74) is 1.14. The largest absolute Gasteiger partial charge is 0.489 e. The number of carboxylic acid groups (broad SMARTS) is 1. The number of para-hydroxylation sites is 2. The number of fused-ring (bicyclic) bond motifs is 1. The maximum Gasteiger partial charge on any atom is 0.408 e. The number of benzene rings is 2. The van der Waals surface area contributed by atoms with Crippen LogP contribution in [0.2, 0.25) is 0 Å². The second kappa shape index (κ2) is 8.22. The molecule has 1 heterocycles. The molecule has 0 fully saturated rings. The molecule has 2 aromatic carbocycles. The molecule has 0 spiro atoms. The lowest BCUT2D eigenvalue weighted by Gasteiger charge is -2.22. The highest BCUT2D eigenvalue weighted by atomic mass is 16.5. The van der Waals surface area contributed by atoms with Crippen LogP contribution in [0, 0.1) is 0 Å². The van der Waals surface area contributed by atoms with Crippen molar-refractivity contribution in [2.24, 2.45) is 0 Å². The van der Waals surface area contributed by atoms with Gasteiger partial charge in [0, 0.05) is 0 Å². The van der Waals surface area contributed by atoms with Gasteiger partial charge in [-0.3, -0.25) is 14.5 Å². The predicted octanol–water partition coefficient (Wildman–Crippen LogP) is 1.79. The van der Waals surface area contributed by atoms with E-state index in [4.69, 9.17) is 14.6 Å². The summed E-state index contributed by atoms with van der Waals surface area (Å²) in [6, 6.07) is 14.6. The third-order valence-electron chi connectivity index (χ3n) is 3.92. The van der Waals surface area contributed by atoms with E-state index in [2.05, 4.69) is 5.32 Å². The maximum absolute atomic E-state index is 12.8. The first-order valence-corrected chi connectivity index (χ1v) is 8.27. The number of anilines is 1. The first kappa shape index (κ1) is 18.2. The van der Waals surface area contributed by atoms with Gasteiger partial charge in [-0.25, -0.2) is 4.79 Å². The second-order valence-electron chi connectivity index (χ2n) is 5.86. The number of carboxylic acids is 1. The quantitative estimate of drug-likeness (QED) is 0.831. The van der Waals surface area contributed by atoms with Gasteiger partial charge in [0.05, 0.1) is 5.69 Å². The zero-order valence-corrected chi connectivity index (χ0v) is 14.3. The van der Waals surface area contributed by atoms with Gasteiger partial charge in [0.2, 0.25) is 0 Å². The Kier molecular flexibility index (Phi) is 5.55. The van der Waals surface area contributed by atoms with Gasteiger partial charge in [0.1, 0.15) is 31.5 Å². The Hall–Kier alpha value is -3.55. The highest BCUT2D eigenvalue weighted by Crippen LogP contribution is 2.30. The van der Waals surface area contributed by atoms with Crippen molar-refractivity contribution < 1.29 is 29.0 Å². The van der Waals surface area contributed by atoms with Crippen LogP contribution in [0.3, 0.4) is 0 Å². The van der Waals surface area contributed by atoms with Crippen molar-refractivity contribution in [2.75, 3.05) is 18.1 Å². The van der Waals surface area contributed by atoms with Crippen LogP contribution in [0.15, 0.2) is 54.6 Å². The van der Waals surface area contributed by atoms with Crippen LogP contribution in [0.5, 0.6) is 5.75 Å². The molecule has 0 saturated carbocycles. The molecule has 0 bridgehead atoms. The average Bonchev–Trinajstić information content (AvgIpc) is 2.79. The van der Waals surface area contributed by atoms with Crippen LogP contribution in [0.25, 0.3) is 0 Å². The van der Waals surface area contributed by atoms with Gasteiger partial charge < -0.3 is 19.9 Å². The lowest BCUT2D eigenvalue weighted by Crippen LogP contribution is -2.51. The highest BCUT2D eigenvalue weighted by Gasteiger charge is 2.33. The number of nitrogens with zero attached hydrogens (tertiary/aromatic N) is 1. The highest BCUT2D eigenvalue weighted by molar-refractivity contribution is 6.03. The number of hydrogen-bond donors (Lipinski definition) is 2. The molecule has 2 aromatic rings. The van der Waals surface area contributed by atoms with Crippen molar-refractivity contribution in [3.05, 3.63) is 60.2 Å². The molecule has 8 heteroatoms. The van der Waals surface area contributed by atoms with Crippen LogP contribution in [-0.4, -0.2) is 42.3 Å². The summed E-state index contributed by atoms with van der Waals surface area (Å²) in [6.07, 6.45) is -0.790. The second-order valence-corrected chi connectivity index (χ2v) is 5.86. The standard InChI is InChI=1S/C19H18N2O6/c22-17(23)10-21-15-8-4-5-9-16(15)26-12-14(18(21)24)20-19(25)27-11-13-6-2-1-3-7-13/h1-9,14H,10-12H2,(H,20,25)(H,22,23)/t14-/m0/s1. The van der Waals surface area contributed by atoms with Gasteiger partial charge in [0.25, 0.3) is 5.91 Å². The van der Waals surface area contributed by atoms with Crippen LogP contribution < -0.4 is 15.0 Å². The maximum atomic E-state index is 12.8. The number of nitrogens with one attached hydrogen (secondary N) is 1. The molecule has 3 rings (SSSR count). The average molecular weight is 370 g/mol. The molecule has 2 amide bonds. The minimum Gasteiger partial charge on any atom is -0.489 e. The molecule has 27 heavy (non-hydrogen) atoms. The minimum absolute atomic E-state index is 0.0491. The number of hydrogen-bond acceptors (Lipinski definition) is 5. The van der Waals surface area contributed by atoms with E-state index in [1.807, 2.05) is 18.2 Å². The van der Waals surface area contributed by atoms with Crippen LogP contribution >= 0.6 is 0 Å². The Labute approximate surface area is 155 Å². The number of carbonyl (C=O) groups is 3. The van der Waals surface area contributed by atoms with Crippen LogP contribution in [0.1, 0.15) is 5.56 Å². The first-order valence-electron chi connectivity index (χ1n) is 8.27. The number of ether oxygens (including phenoxy) is 2. The fourth-order valence-electron chi connectivity index (χ4n) is 2.66. The summed E-state index contributed by atoms with van der Waals surface area (Å²) in [4.78, 5) is 37.1. The summed E-state index contributed by atoms with van der Waals surface area (Å²) < 4.78 is 10.7. The first-order chi connectivity index (χ1) is 13.0. The normalized spacial score (nSPS) is 15.9. The Bertz CT molecular complexity index is 839. The van der Waals surface area contributed by atoms with E-state index in [1.165, 1.54) is 0 Å². The SMILES string of the molecule is O=C(O)CN1C(=O)[C@@H](NC(=O)OCc2ccccc2)COc2ccccc21. The topological polar surface area (TPSA) is 105 Å².